The van der Waals surface area contributed by atoms with Gasteiger partial charge in [0.25, 0.3) is 0 Å². The maximum absolute atomic E-state index is 13.5. The van der Waals surface area contributed by atoms with E-state index in [2.05, 4.69) is 15.4 Å². The molecule has 170 valence electrons. The van der Waals surface area contributed by atoms with Gasteiger partial charge in [0.05, 0.1) is 21.3 Å². The lowest BCUT2D eigenvalue weighted by molar-refractivity contribution is -0.116. The molecule has 5 rings (SSSR count). The van der Waals surface area contributed by atoms with Crippen LogP contribution in [0.1, 0.15) is 35.9 Å². The Labute approximate surface area is 191 Å². The van der Waals surface area contributed by atoms with E-state index in [4.69, 9.17) is 19.9 Å². The molecule has 2 aromatic carbocycles. The monoisotopic (exact) mass is 447 g/mol. The molecule has 2 heterocycles. The molecule has 0 fully saturated rings. The normalized spacial score (nSPS) is 19.4. The third kappa shape index (κ3) is 3.55. The molecule has 3 N–H and O–H groups in total. The highest BCUT2D eigenvalue weighted by atomic mass is 16.5. The molecule has 1 aliphatic carbocycles. The van der Waals surface area contributed by atoms with E-state index in [1.165, 1.54) is 0 Å². The fourth-order valence-electron chi connectivity index (χ4n) is 4.67. The molecule has 0 saturated carbocycles. The van der Waals surface area contributed by atoms with Crippen molar-refractivity contribution >= 4 is 17.7 Å². The van der Waals surface area contributed by atoms with Crippen molar-refractivity contribution in [3.63, 3.8) is 0 Å². The zero-order valence-corrected chi connectivity index (χ0v) is 18.7. The summed E-state index contributed by atoms with van der Waals surface area (Å²) in [7, 11) is 4.83. The first-order valence-corrected chi connectivity index (χ1v) is 10.6. The van der Waals surface area contributed by atoms with Gasteiger partial charge in [-0.05, 0) is 47.7 Å². The summed E-state index contributed by atoms with van der Waals surface area (Å²) < 4.78 is 17.8. The van der Waals surface area contributed by atoms with Crippen LogP contribution in [0.4, 0.5) is 11.9 Å². The van der Waals surface area contributed by atoms with Crippen LogP contribution in [0.5, 0.6) is 17.2 Å². The van der Waals surface area contributed by atoms with Crippen molar-refractivity contribution in [2.75, 3.05) is 32.4 Å². The van der Waals surface area contributed by atoms with E-state index in [0.717, 1.165) is 22.6 Å². The number of carbonyl (C=O) groups excluding carboxylic acids is 1. The SMILES string of the molecule is COc1ccc([C@H]2C3=C(C[C@@H](c4ccc(OC)c(OC)c4)CC3=O)Nc3nc(N)nn32)cc1. The van der Waals surface area contributed by atoms with Crippen LogP contribution in [-0.4, -0.2) is 41.9 Å². The van der Waals surface area contributed by atoms with Crippen molar-refractivity contribution in [2.24, 2.45) is 0 Å². The number of hydrogen-bond acceptors (Lipinski definition) is 8. The minimum absolute atomic E-state index is 0.00751. The molecule has 1 aromatic heterocycles. The zero-order chi connectivity index (χ0) is 23.1. The zero-order valence-electron chi connectivity index (χ0n) is 18.7. The van der Waals surface area contributed by atoms with Gasteiger partial charge < -0.3 is 25.3 Å². The average Bonchev–Trinajstić information content (AvgIpc) is 3.21. The van der Waals surface area contributed by atoms with E-state index in [1.54, 1.807) is 26.0 Å². The number of nitrogens with one attached hydrogen (secondary N) is 1. The third-order valence-corrected chi connectivity index (χ3v) is 6.25. The van der Waals surface area contributed by atoms with Gasteiger partial charge in [-0.15, -0.1) is 5.10 Å². The number of nitrogen functional groups attached to an aromatic ring is 1. The summed E-state index contributed by atoms with van der Waals surface area (Å²) in [5.41, 5.74) is 9.37. The van der Waals surface area contributed by atoms with Crippen LogP contribution in [0, 0.1) is 0 Å². The minimum atomic E-state index is -0.411. The van der Waals surface area contributed by atoms with Crippen LogP contribution in [0.25, 0.3) is 0 Å². The highest BCUT2D eigenvalue weighted by molar-refractivity contribution is 6.00. The molecular weight excluding hydrogens is 422 g/mol. The van der Waals surface area contributed by atoms with Crippen LogP contribution in [-0.2, 0) is 4.79 Å². The van der Waals surface area contributed by atoms with Gasteiger partial charge in [0.1, 0.15) is 11.8 Å². The smallest absolute Gasteiger partial charge is 0.241 e. The molecule has 0 spiro atoms. The van der Waals surface area contributed by atoms with Crippen molar-refractivity contribution in [1.29, 1.82) is 0 Å². The Kier molecular flexibility index (Phi) is 5.16. The van der Waals surface area contributed by atoms with E-state index < -0.39 is 6.04 Å². The standard InChI is InChI=1S/C24H25N5O4/c1-31-16-7-4-13(5-8-16)22-21-17(26-24-27-23(25)28-29(22)24)10-15(11-18(21)30)14-6-9-19(32-2)20(12-14)33-3/h4-9,12,15,22H,10-11H2,1-3H3,(H3,25,26,27,28)/t15-,22+/m1/s1. The van der Waals surface area contributed by atoms with Crippen LogP contribution >= 0.6 is 0 Å². The highest BCUT2D eigenvalue weighted by Crippen LogP contribution is 2.45. The minimum Gasteiger partial charge on any atom is -0.497 e. The quantitative estimate of drug-likeness (QED) is 0.613. The lowest BCUT2D eigenvalue weighted by atomic mass is 9.78. The highest BCUT2D eigenvalue weighted by Gasteiger charge is 2.39. The summed E-state index contributed by atoms with van der Waals surface area (Å²) in [5.74, 6) is 2.76. The number of anilines is 2. The number of allylic oxidation sites excluding steroid dienone is 2. The van der Waals surface area contributed by atoms with E-state index in [-0.39, 0.29) is 17.6 Å². The Bertz CT molecular complexity index is 1250. The molecule has 0 saturated heterocycles. The number of fused-ring (bicyclic) bond motifs is 1. The maximum atomic E-state index is 13.5. The first-order chi connectivity index (χ1) is 16.0. The number of aromatic nitrogens is 3. The van der Waals surface area contributed by atoms with Crippen molar-refractivity contribution in [2.45, 2.75) is 24.8 Å². The largest absolute Gasteiger partial charge is 0.497 e. The average molecular weight is 447 g/mol. The number of benzene rings is 2. The first kappa shape index (κ1) is 20.9. The lowest BCUT2D eigenvalue weighted by Crippen LogP contribution is -2.33. The molecule has 0 amide bonds. The summed E-state index contributed by atoms with van der Waals surface area (Å²) in [6.07, 6.45) is 1.03. The third-order valence-electron chi connectivity index (χ3n) is 6.25. The second-order valence-electron chi connectivity index (χ2n) is 8.07. The van der Waals surface area contributed by atoms with Crippen LogP contribution in [0.15, 0.2) is 53.7 Å². The van der Waals surface area contributed by atoms with Gasteiger partial charge in [0.15, 0.2) is 17.3 Å². The van der Waals surface area contributed by atoms with Crippen molar-refractivity contribution < 1.29 is 19.0 Å². The summed E-state index contributed by atoms with van der Waals surface area (Å²) >= 11 is 0. The van der Waals surface area contributed by atoms with Crippen LogP contribution < -0.4 is 25.3 Å². The molecule has 1 aliphatic heterocycles. The molecule has 2 aliphatic rings. The van der Waals surface area contributed by atoms with E-state index >= 15 is 0 Å². The number of rotatable bonds is 5. The van der Waals surface area contributed by atoms with Crippen LogP contribution in [0.3, 0.4) is 0 Å². The molecule has 2 atom stereocenters. The van der Waals surface area contributed by atoms with Gasteiger partial charge in [-0.3, -0.25) is 4.79 Å². The van der Waals surface area contributed by atoms with Gasteiger partial charge in [0, 0.05) is 17.7 Å². The van der Waals surface area contributed by atoms with Crippen molar-refractivity contribution in [1.82, 2.24) is 14.8 Å². The number of nitrogens with zero attached hydrogens (tertiary/aromatic N) is 3. The predicted octanol–water partition coefficient (Wildman–Crippen LogP) is 3.30. The summed E-state index contributed by atoms with van der Waals surface area (Å²) in [6, 6.07) is 13.0. The molecule has 33 heavy (non-hydrogen) atoms. The predicted molar refractivity (Wildman–Crippen MR) is 123 cm³/mol. The Morgan fingerprint density at radius 2 is 1.70 bits per heavy atom. The van der Waals surface area contributed by atoms with Gasteiger partial charge in [-0.2, -0.15) is 4.98 Å². The van der Waals surface area contributed by atoms with Crippen LogP contribution in [0.2, 0.25) is 0 Å². The van der Waals surface area contributed by atoms with Gasteiger partial charge in [-0.25, -0.2) is 4.68 Å². The molecule has 9 heteroatoms. The summed E-state index contributed by atoms with van der Waals surface area (Å²) in [6.45, 7) is 0. The maximum Gasteiger partial charge on any atom is 0.241 e. The lowest BCUT2D eigenvalue weighted by Gasteiger charge is -2.35. The number of ketones is 1. The number of nitrogens with two attached hydrogens (primary N) is 1. The van der Waals surface area contributed by atoms with Crippen molar-refractivity contribution in [3.05, 3.63) is 64.9 Å². The topological polar surface area (TPSA) is 114 Å². The number of ether oxygens (including phenoxy) is 3. The fraction of sp³-hybridized carbons (Fsp3) is 0.292. The Hall–Kier alpha value is -4.01. The van der Waals surface area contributed by atoms with E-state index in [9.17, 15) is 4.79 Å². The van der Waals surface area contributed by atoms with Gasteiger partial charge in [0.2, 0.25) is 11.9 Å². The van der Waals surface area contributed by atoms with Gasteiger partial charge >= 0.3 is 0 Å². The van der Waals surface area contributed by atoms with Gasteiger partial charge in [-0.1, -0.05) is 18.2 Å². The molecule has 0 bridgehead atoms. The Morgan fingerprint density at radius 1 is 0.970 bits per heavy atom. The summed E-state index contributed by atoms with van der Waals surface area (Å²) in [5, 5.41) is 7.68. The number of Topliss-reactive ketones (excluding diaryl/α,β-unsaturated/α-hetero) is 1. The number of methoxy groups -OCH3 is 3. The molecule has 9 nitrogen and oxygen atoms in total. The number of carbonyl (C=O) groups is 1. The first-order valence-electron chi connectivity index (χ1n) is 10.6. The second-order valence-corrected chi connectivity index (χ2v) is 8.07. The fourth-order valence-corrected chi connectivity index (χ4v) is 4.67. The van der Waals surface area contributed by atoms with E-state index in [0.29, 0.717) is 35.9 Å². The molecular formula is C24H25N5O4. The molecule has 3 aromatic rings. The van der Waals surface area contributed by atoms with Crippen molar-refractivity contribution in [3.8, 4) is 17.2 Å². The van der Waals surface area contributed by atoms with E-state index in [1.807, 2.05) is 42.5 Å². The Morgan fingerprint density at radius 3 is 2.39 bits per heavy atom. The molecule has 0 radical (unpaired) electrons. The second kappa shape index (κ2) is 8.16. The molecule has 0 unspecified atom stereocenters. The summed E-state index contributed by atoms with van der Waals surface area (Å²) in [4.78, 5) is 17.9. The Balaban J connectivity index is 1.56. The number of hydrogen-bond donors (Lipinski definition) is 2.